The lowest BCUT2D eigenvalue weighted by Gasteiger charge is -2.11. The molecule has 0 atom stereocenters. The molecule has 5 nitrogen and oxygen atoms in total. The minimum atomic E-state index is -0.172. The van der Waals surface area contributed by atoms with Crippen LogP contribution in [0.3, 0.4) is 0 Å². The van der Waals surface area contributed by atoms with E-state index in [4.69, 9.17) is 4.84 Å². The Bertz CT molecular complexity index is 673. The number of nitrogens with one attached hydrogen (secondary N) is 1. The van der Waals surface area contributed by atoms with Crippen LogP contribution in [0.1, 0.15) is 5.56 Å². The SMILES string of the molecule is CN(C)c1ccc(/C=N/OCC(=O)NCCSc2ccccc2)cc1. The summed E-state index contributed by atoms with van der Waals surface area (Å²) in [6.45, 7) is 0.514. The first-order valence-corrected chi connectivity index (χ1v) is 9.01. The van der Waals surface area contributed by atoms with Gasteiger partial charge in [-0.3, -0.25) is 4.79 Å². The number of rotatable bonds is 9. The van der Waals surface area contributed by atoms with Gasteiger partial charge in [0.1, 0.15) is 0 Å². The van der Waals surface area contributed by atoms with E-state index in [9.17, 15) is 4.79 Å². The number of carbonyl (C=O) groups excluding carboxylic acids is 1. The highest BCUT2D eigenvalue weighted by atomic mass is 32.2. The number of amides is 1. The first kappa shape index (κ1) is 18.9. The fourth-order valence-corrected chi connectivity index (χ4v) is 2.77. The molecule has 132 valence electrons. The summed E-state index contributed by atoms with van der Waals surface area (Å²) in [5.74, 6) is 0.644. The number of carbonyl (C=O) groups is 1. The molecular formula is C19H23N3O2S. The Morgan fingerprint density at radius 2 is 1.88 bits per heavy atom. The second-order valence-electron chi connectivity index (χ2n) is 5.51. The third kappa shape index (κ3) is 7.30. The summed E-state index contributed by atoms with van der Waals surface area (Å²) in [6, 6.07) is 18.0. The molecule has 0 saturated carbocycles. The number of thioether (sulfide) groups is 1. The summed E-state index contributed by atoms with van der Waals surface area (Å²) in [6.07, 6.45) is 1.60. The van der Waals surface area contributed by atoms with Gasteiger partial charge in [-0.1, -0.05) is 35.5 Å². The fourth-order valence-electron chi connectivity index (χ4n) is 1.98. The molecule has 0 unspecified atom stereocenters. The minimum absolute atomic E-state index is 0.0811. The lowest BCUT2D eigenvalue weighted by Crippen LogP contribution is -2.28. The Labute approximate surface area is 153 Å². The largest absolute Gasteiger partial charge is 0.386 e. The average molecular weight is 357 g/mol. The van der Waals surface area contributed by atoms with Gasteiger partial charge in [0, 0.05) is 37.0 Å². The molecule has 2 rings (SSSR count). The average Bonchev–Trinajstić information content (AvgIpc) is 2.63. The van der Waals surface area contributed by atoms with E-state index in [2.05, 4.69) is 22.6 Å². The number of hydrogen-bond acceptors (Lipinski definition) is 5. The lowest BCUT2D eigenvalue weighted by molar-refractivity contribution is -0.125. The highest BCUT2D eigenvalue weighted by molar-refractivity contribution is 7.99. The molecule has 0 aromatic heterocycles. The summed E-state index contributed by atoms with van der Waals surface area (Å²) in [5.41, 5.74) is 2.04. The van der Waals surface area contributed by atoms with Crippen LogP contribution in [0.4, 0.5) is 5.69 Å². The van der Waals surface area contributed by atoms with Gasteiger partial charge >= 0.3 is 0 Å². The summed E-state index contributed by atoms with van der Waals surface area (Å²) in [4.78, 5) is 19.9. The van der Waals surface area contributed by atoms with Crippen LogP contribution in [0, 0.1) is 0 Å². The van der Waals surface area contributed by atoms with Gasteiger partial charge < -0.3 is 15.1 Å². The molecule has 0 spiro atoms. The van der Waals surface area contributed by atoms with E-state index in [1.165, 1.54) is 4.90 Å². The molecule has 0 aliphatic heterocycles. The monoisotopic (exact) mass is 357 g/mol. The van der Waals surface area contributed by atoms with Crippen molar-refractivity contribution in [3.8, 4) is 0 Å². The highest BCUT2D eigenvalue weighted by Gasteiger charge is 2.01. The summed E-state index contributed by atoms with van der Waals surface area (Å²) in [5, 5.41) is 6.63. The zero-order chi connectivity index (χ0) is 17.9. The molecule has 25 heavy (non-hydrogen) atoms. The normalized spacial score (nSPS) is 10.6. The first-order chi connectivity index (χ1) is 12.1. The van der Waals surface area contributed by atoms with Gasteiger partial charge in [-0.05, 0) is 29.8 Å². The van der Waals surface area contributed by atoms with Crippen molar-refractivity contribution >= 4 is 29.6 Å². The molecule has 0 aliphatic carbocycles. The molecule has 0 radical (unpaired) electrons. The summed E-state index contributed by atoms with van der Waals surface area (Å²) < 4.78 is 0. The zero-order valence-corrected chi connectivity index (χ0v) is 15.3. The predicted octanol–water partition coefficient (Wildman–Crippen LogP) is 3.01. The van der Waals surface area contributed by atoms with Crippen LogP contribution in [0.25, 0.3) is 0 Å². The van der Waals surface area contributed by atoms with Gasteiger partial charge in [0.05, 0.1) is 6.21 Å². The van der Waals surface area contributed by atoms with Crippen LogP contribution in [0.2, 0.25) is 0 Å². The molecule has 0 heterocycles. The van der Waals surface area contributed by atoms with E-state index in [1.54, 1.807) is 18.0 Å². The zero-order valence-electron chi connectivity index (χ0n) is 14.5. The Balaban J connectivity index is 1.60. The van der Waals surface area contributed by atoms with E-state index in [-0.39, 0.29) is 12.5 Å². The number of nitrogens with zero attached hydrogens (tertiary/aromatic N) is 2. The molecule has 2 aromatic rings. The quantitative estimate of drug-likeness (QED) is 0.324. The molecule has 1 amide bonds. The summed E-state index contributed by atoms with van der Waals surface area (Å²) >= 11 is 1.70. The lowest BCUT2D eigenvalue weighted by atomic mass is 10.2. The Kier molecular flexibility index (Phi) is 7.85. The number of hydrogen-bond donors (Lipinski definition) is 1. The maximum Gasteiger partial charge on any atom is 0.260 e. The van der Waals surface area contributed by atoms with Crippen molar-refractivity contribution < 1.29 is 9.63 Å². The Hall–Kier alpha value is -2.47. The van der Waals surface area contributed by atoms with Crippen molar-refractivity contribution in [1.29, 1.82) is 0 Å². The molecule has 6 heteroatoms. The van der Waals surface area contributed by atoms with Crippen LogP contribution in [-0.4, -0.2) is 45.1 Å². The molecule has 0 aliphatic rings. The van der Waals surface area contributed by atoms with Gasteiger partial charge in [0.2, 0.25) is 0 Å². The van der Waals surface area contributed by atoms with Crippen LogP contribution >= 0.6 is 11.8 Å². The number of anilines is 1. The third-order valence-corrected chi connectivity index (χ3v) is 4.33. The first-order valence-electron chi connectivity index (χ1n) is 8.02. The maximum absolute atomic E-state index is 11.7. The molecular weight excluding hydrogens is 334 g/mol. The van der Waals surface area contributed by atoms with E-state index < -0.39 is 0 Å². The Morgan fingerprint density at radius 3 is 2.56 bits per heavy atom. The van der Waals surface area contributed by atoms with Crippen molar-refractivity contribution in [2.24, 2.45) is 5.16 Å². The highest BCUT2D eigenvalue weighted by Crippen LogP contribution is 2.15. The van der Waals surface area contributed by atoms with Gasteiger partial charge in [-0.25, -0.2) is 0 Å². The van der Waals surface area contributed by atoms with E-state index in [0.717, 1.165) is 17.0 Å². The van der Waals surface area contributed by atoms with Crippen LogP contribution in [-0.2, 0) is 9.63 Å². The van der Waals surface area contributed by atoms with Gasteiger partial charge in [-0.15, -0.1) is 11.8 Å². The van der Waals surface area contributed by atoms with E-state index in [0.29, 0.717) is 6.54 Å². The molecule has 1 N–H and O–H groups in total. The molecule has 0 bridgehead atoms. The van der Waals surface area contributed by atoms with Gasteiger partial charge in [0.25, 0.3) is 5.91 Å². The third-order valence-electron chi connectivity index (χ3n) is 3.32. The Morgan fingerprint density at radius 1 is 1.16 bits per heavy atom. The van der Waals surface area contributed by atoms with Crippen LogP contribution < -0.4 is 10.2 Å². The molecule has 0 saturated heterocycles. The van der Waals surface area contributed by atoms with Gasteiger partial charge in [0.15, 0.2) is 6.61 Å². The standard InChI is InChI=1S/C19H23N3O2S/c1-22(2)17-10-8-16(9-11-17)14-21-24-15-19(23)20-12-13-25-18-6-4-3-5-7-18/h3-11,14H,12-13,15H2,1-2H3,(H,20,23)/b21-14+. The maximum atomic E-state index is 11.7. The van der Waals surface area contributed by atoms with Crippen molar-refractivity contribution in [2.75, 3.05) is 37.9 Å². The van der Waals surface area contributed by atoms with Crippen LogP contribution in [0.15, 0.2) is 64.6 Å². The van der Waals surface area contributed by atoms with E-state index in [1.807, 2.05) is 61.5 Å². The summed E-state index contributed by atoms with van der Waals surface area (Å²) in [7, 11) is 3.98. The predicted molar refractivity (Wildman–Crippen MR) is 104 cm³/mol. The smallest absolute Gasteiger partial charge is 0.260 e. The van der Waals surface area contributed by atoms with Crippen molar-refractivity contribution in [3.05, 3.63) is 60.2 Å². The van der Waals surface area contributed by atoms with Crippen molar-refractivity contribution in [1.82, 2.24) is 5.32 Å². The number of benzene rings is 2. The fraction of sp³-hybridized carbons (Fsp3) is 0.263. The van der Waals surface area contributed by atoms with Crippen molar-refractivity contribution in [3.63, 3.8) is 0 Å². The van der Waals surface area contributed by atoms with Gasteiger partial charge in [-0.2, -0.15) is 0 Å². The number of oxime groups is 1. The molecule has 0 fully saturated rings. The van der Waals surface area contributed by atoms with Crippen molar-refractivity contribution in [2.45, 2.75) is 4.90 Å². The second-order valence-corrected chi connectivity index (χ2v) is 6.67. The van der Waals surface area contributed by atoms with Crippen LogP contribution in [0.5, 0.6) is 0 Å². The molecule has 2 aromatic carbocycles. The van der Waals surface area contributed by atoms with E-state index >= 15 is 0 Å². The minimum Gasteiger partial charge on any atom is -0.386 e. The topological polar surface area (TPSA) is 53.9 Å². The second kappa shape index (κ2) is 10.4.